The Morgan fingerprint density at radius 1 is 1.32 bits per heavy atom. The number of carboxylic acid groups (broad SMARTS) is 1. The summed E-state index contributed by atoms with van der Waals surface area (Å²) in [7, 11) is 0. The number of rotatable bonds is 3. The van der Waals surface area contributed by atoms with Gasteiger partial charge >= 0.3 is 5.97 Å². The number of fused-ring (bicyclic) bond motifs is 1. The summed E-state index contributed by atoms with van der Waals surface area (Å²) >= 11 is 0. The van der Waals surface area contributed by atoms with Crippen LogP contribution in [0.1, 0.15) is 65.0 Å². The number of hydrogen-bond donors (Lipinski definition) is 2. The lowest BCUT2D eigenvalue weighted by molar-refractivity contribution is 0.0697. The highest BCUT2D eigenvalue weighted by Crippen LogP contribution is 2.45. The Kier molecular flexibility index (Phi) is 3.04. The molecule has 0 spiro atoms. The molecule has 0 saturated heterocycles. The van der Waals surface area contributed by atoms with E-state index in [1.807, 2.05) is 10.7 Å². The minimum Gasteiger partial charge on any atom is -0.478 e. The molecule has 0 radical (unpaired) electrons. The molecule has 5 nitrogen and oxygen atoms in total. The Morgan fingerprint density at radius 3 is 2.86 bits per heavy atom. The first-order chi connectivity index (χ1) is 10.6. The molecular formula is C17H19N3O2. The van der Waals surface area contributed by atoms with Gasteiger partial charge in [-0.25, -0.2) is 9.48 Å². The summed E-state index contributed by atoms with van der Waals surface area (Å²) in [6.45, 7) is 0. The Morgan fingerprint density at radius 2 is 2.14 bits per heavy atom. The number of benzene rings is 1. The van der Waals surface area contributed by atoms with E-state index in [1.54, 1.807) is 18.2 Å². The molecule has 0 amide bonds. The Hall–Kier alpha value is -2.14. The number of carboxylic acids is 1. The zero-order valence-corrected chi connectivity index (χ0v) is 12.3. The van der Waals surface area contributed by atoms with E-state index in [-0.39, 0.29) is 11.6 Å². The quantitative estimate of drug-likeness (QED) is 0.912. The molecule has 0 bridgehead atoms. The third-order valence-corrected chi connectivity index (χ3v) is 4.65. The van der Waals surface area contributed by atoms with Gasteiger partial charge in [0.05, 0.1) is 16.9 Å². The van der Waals surface area contributed by atoms with Crippen molar-refractivity contribution in [3.05, 3.63) is 46.8 Å². The van der Waals surface area contributed by atoms with Crippen LogP contribution in [0.25, 0.3) is 5.69 Å². The topological polar surface area (TPSA) is 81.1 Å². The van der Waals surface area contributed by atoms with Gasteiger partial charge in [0.1, 0.15) is 0 Å². The third kappa shape index (κ3) is 2.13. The third-order valence-electron chi connectivity index (χ3n) is 4.65. The highest BCUT2D eigenvalue weighted by Gasteiger charge is 2.35. The fourth-order valence-corrected chi connectivity index (χ4v) is 3.40. The SMILES string of the molecule is NC1CCCc2c1c(C1CC1)nn2-c1cccc(C(=O)O)c1. The van der Waals surface area contributed by atoms with Crippen molar-refractivity contribution < 1.29 is 9.90 Å². The second-order valence-corrected chi connectivity index (χ2v) is 6.29. The lowest BCUT2D eigenvalue weighted by atomic mass is 9.90. The second kappa shape index (κ2) is 4.95. The van der Waals surface area contributed by atoms with Crippen LogP contribution < -0.4 is 5.73 Å². The molecular weight excluding hydrogens is 278 g/mol. The summed E-state index contributed by atoms with van der Waals surface area (Å²) in [6.07, 6.45) is 5.40. The Labute approximate surface area is 128 Å². The zero-order valence-electron chi connectivity index (χ0n) is 12.3. The fraction of sp³-hybridized carbons (Fsp3) is 0.412. The van der Waals surface area contributed by atoms with Gasteiger partial charge in [0.25, 0.3) is 0 Å². The minimum absolute atomic E-state index is 0.0655. The normalized spacial score (nSPS) is 20.7. The first-order valence-corrected chi connectivity index (χ1v) is 7.86. The van der Waals surface area contributed by atoms with Gasteiger partial charge in [-0.3, -0.25) is 0 Å². The second-order valence-electron chi connectivity index (χ2n) is 6.29. The van der Waals surface area contributed by atoms with E-state index in [1.165, 1.54) is 24.1 Å². The van der Waals surface area contributed by atoms with Crippen LogP contribution in [0.5, 0.6) is 0 Å². The summed E-state index contributed by atoms with van der Waals surface area (Å²) in [5, 5.41) is 14.0. The summed E-state index contributed by atoms with van der Waals surface area (Å²) in [5.41, 5.74) is 11.0. The predicted octanol–water partition coefficient (Wildman–Crippen LogP) is 2.78. The first-order valence-electron chi connectivity index (χ1n) is 7.86. The van der Waals surface area contributed by atoms with Gasteiger partial charge in [-0.15, -0.1) is 0 Å². The molecule has 5 heteroatoms. The number of nitrogens with two attached hydrogens (primary N) is 1. The molecule has 1 atom stereocenters. The number of aromatic nitrogens is 2. The largest absolute Gasteiger partial charge is 0.478 e. The van der Waals surface area contributed by atoms with Crippen LogP contribution in [-0.2, 0) is 6.42 Å². The average molecular weight is 297 g/mol. The maximum absolute atomic E-state index is 11.2. The average Bonchev–Trinajstić information content (AvgIpc) is 3.28. The molecule has 1 saturated carbocycles. The Balaban J connectivity index is 1.87. The van der Waals surface area contributed by atoms with Crippen molar-refractivity contribution in [1.29, 1.82) is 0 Å². The molecule has 2 aliphatic carbocycles. The van der Waals surface area contributed by atoms with Crippen molar-refractivity contribution in [3.63, 3.8) is 0 Å². The van der Waals surface area contributed by atoms with E-state index in [0.29, 0.717) is 5.92 Å². The smallest absolute Gasteiger partial charge is 0.335 e. The van der Waals surface area contributed by atoms with Gasteiger partial charge in [-0.2, -0.15) is 5.10 Å². The highest BCUT2D eigenvalue weighted by molar-refractivity contribution is 5.88. The van der Waals surface area contributed by atoms with Gasteiger partial charge < -0.3 is 10.8 Å². The van der Waals surface area contributed by atoms with Gasteiger partial charge in [0, 0.05) is 23.2 Å². The lowest BCUT2D eigenvalue weighted by Gasteiger charge is -2.20. The lowest BCUT2D eigenvalue weighted by Crippen LogP contribution is -2.19. The molecule has 0 aliphatic heterocycles. The molecule has 1 fully saturated rings. The van der Waals surface area contributed by atoms with E-state index in [9.17, 15) is 9.90 Å². The van der Waals surface area contributed by atoms with Crippen molar-refractivity contribution in [2.45, 2.75) is 44.1 Å². The molecule has 1 heterocycles. The minimum atomic E-state index is -0.915. The number of nitrogens with zero attached hydrogens (tertiary/aromatic N) is 2. The Bertz CT molecular complexity index is 746. The summed E-state index contributed by atoms with van der Waals surface area (Å²) in [5.74, 6) is -0.371. The molecule has 22 heavy (non-hydrogen) atoms. The highest BCUT2D eigenvalue weighted by atomic mass is 16.4. The molecule has 2 aliphatic rings. The van der Waals surface area contributed by atoms with Crippen LogP contribution in [0.2, 0.25) is 0 Å². The number of hydrogen-bond acceptors (Lipinski definition) is 3. The van der Waals surface area contributed by atoms with Crippen molar-refractivity contribution in [1.82, 2.24) is 9.78 Å². The summed E-state index contributed by atoms with van der Waals surface area (Å²) in [6, 6.07) is 7.04. The molecule has 1 unspecified atom stereocenters. The molecule has 1 aromatic carbocycles. The monoisotopic (exact) mass is 297 g/mol. The predicted molar refractivity (Wildman–Crippen MR) is 82.4 cm³/mol. The number of carbonyl (C=O) groups is 1. The summed E-state index contributed by atoms with van der Waals surface area (Å²) < 4.78 is 1.93. The van der Waals surface area contributed by atoms with Crippen molar-refractivity contribution in [2.24, 2.45) is 5.73 Å². The molecule has 4 rings (SSSR count). The van der Waals surface area contributed by atoms with E-state index >= 15 is 0 Å². The maximum Gasteiger partial charge on any atom is 0.335 e. The molecule has 3 N–H and O–H groups in total. The molecule has 1 aromatic heterocycles. The van der Waals surface area contributed by atoms with Gasteiger partial charge in [-0.1, -0.05) is 6.07 Å². The maximum atomic E-state index is 11.2. The van der Waals surface area contributed by atoms with Crippen LogP contribution in [-0.4, -0.2) is 20.9 Å². The van der Waals surface area contributed by atoms with Crippen LogP contribution in [0.3, 0.4) is 0 Å². The summed E-state index contributed by atoms with van der Waals surface area (Å²) in [4.78, 5) is 11.2. The van der Waals surface area contributed by atoms with E-state index < -0.39 is 5.97 Å². The van der Waals surface area contributed by atoms with Crippen LogP contribution in [0, 0.1) is 0 Å². The van der Waals surface area contributed by atoms with Crippen LogP contribution in [0.15, 0.2) is 24.3 Å². The molecule has 114 valence electrons. The van der Waals surface area contributed by atoms with Crippen molar-refractivity contribution in [3.8, 4) is 5.69 Å². The first kappa shape index (κ1) is 13.5. The zero-order chi connectivity index (χ0) is 15.3. The van der Waals surface area contributed by atoms with Crippen molar-refractivity contribution in [2.75, 3.05) is 0 Å². The van der Waals surface area contributed by atoms with E-state index in [0.717, 1.165) is 30.6 Å². The van der Waals surface area contributed by atoms with E-state index in [4.69, 9.17) is 10.8 Å². The van der Waals surface area contributed by atoms with Gasteiger partial charge in [0.15, 0.2) is 0 Å². The molecule has 2 aromatic rings. The van der Waals surface area contributed by atoms with Crippen LogP contribution >= 0.6 is 0 Å². The van der Waals surface area contributed by atoms with Gasteiger partial charge in [-0.05, 0) is 50.3 Å². The van der Waals surface area contributed by atoms with Gasteiger partial charge in [0.2, 0.25) is 0 Å². The van der Waals surface area contributed by atoms with Crippen LogP contribution in [0.4, 0.5) is 0 Å². The van der Waals surface area contributed by atoms with E-state index in [2.05, 4.69) is 0 Å². The fourth-order valence-electron chi connectivity index (χ4n) is 3.40. The van der Waals surface area contributed by atoms with Crippen molar-refractivity contribution >= 4 is 5.97 Å². The standard InChI is InChI=1S/C17H19N3O2/c18-13-5-2-6-14-15(13)16(10-7-8-10)19-20(14)12-4-1-3-11(9-12)17(21)22/h1,3-4,9-10,13H,2,5-8,18H2,(H,21,22). The number of aromatic carboxylic acids is 1.